The van der Waals surface area contributed by atoms with Crippen LogP contribution in [-0.2, 0) is 11.3 Å². The molecule has 0 saturated carbocycles. The molecule has 3 heterocycles. The van der Waals surface area contributed by atoms with Crippen molar-refractivity contribution >= 4 is 17.2 Å². The first-order chi connectivity index (χ1) is 12.2. The van der Waals surface area contributed by atoms with Gasteiger partial charge in [0, 0.05) is 7.05 Å². The number of fused-ring (bicyclic) bond motifs is 1. The van der Waals surface area contributed by atoms with E-state index in [4.69, 9.17) is 9.47 Å². The molecule has 0 saturated heterocycles. The van der Waals surface area contributed by atoms with Gasteiger partial charge in [-0.1, -0.05) is 18.2 Å². The lowest BCUT2D eigenvalue weighted by atomic mass is 10.2. The topological polar surface area (TPSA) is 67.5 Å². The van der Waals surface area contributed by atoms with Gasteiger partial charge in [-0.25, -0.2) is 0 Å². The van der Waals surface area contributed by atoms with Crippen LogP contribution in [0, 0.1) is 0 Å². The van der Waals surface area contributed by atoms with Crippen LogP contribution in [0.4, 0.5) is 0 Å². The molecule has 1 aromatic carbocycles. The monoisotopic (exact) mass is 355 g/mol. The number of likely N-dealkylation sites (N-methyl/N-ethyl adjacent to an activating group) is 1. The largest absolute Gasteiger partial charge is 0.485 e. The molecular formula is C18H17N3O3S. The number of amides is 1. The highest BCUT2D eigenvalue weighted by Gasteiger charge is 2.29. The molecule has 1 aliphatic rings. The zero-order valence-corrected chi connectivity index (χ0v) is 14.5. The number of aromatic amines is 1. The number of carbonyl (C=O) groups excluding carboxylic acids is 1. The lowest BCUT2D eigenvalue weighted by molar-refractivity contribution is -0.140. The second-order valence-corrected chi connectivity index (χ2v) is 6.76. The molecule has 25 heavy (non-hydrogen) atoms. The van der Waals surface area contributed by atoms with Gasteiger partial charge in [0.15, 0.2) is 11.5 Å². The molecule has 2 aromatic heterocycles. The van der Waals surface area contributed by atoms with Gasteiger partial charge in [-0.15, -0.1) is 11.3 Å². The first-order valence-electron chi connectivity index (χ1n) is 7.92. The maximum atomic E-state index is 12.6. The molecule has 1 atom stereocenters. The van der Waals surface area contributed by atoms with Crippen molar-refractivity contribution in [1.29, 1.82) is 0 Å². The molecule has 0 fully saturated rings. The van der Waals surface area contributed by atoms with Crippen molar-refractivity contribution in [3.05, 3.63) is 53.5 Å². The minimum Gasteiger partial charge on any atom is -0.485 e. The summed E-state index contributed by atoms with van der Waals surface area (Å²) in [7, 11) is 1.75. The third kappa shape index (κ3) is 3.23. The number of hydrogen-bond donors (Lipinski definition) is 1. The first kappa shape index (κ1) is 15.7. The summed E-state index contributed by atoms with van der Waals surface area (Å²) in [5, 5.41) is 9.31. The Morgan fingerprint density at radius 2 is 2.16 bits per heavy atom. The highest BCUT2D eigenvalue weighted by molar-refractivity contribution is 7.13. The van der Waals surface area contributed by atoms with Crippen LogP contribution in [0.15, 0.2) is 47.8 Å². The lowest BCUT2D eigenvalue weighted by Crippen LogP contribution is -2.44. The van der Waals surface area contributed by atoms with Crippen LogP contribution < -0.4 is 9.47 Å². The molecular weight excluding hydrogens is 338 g/mol. The average molecular weight is 355 g/mol. The van der Waals surface area contributed by atoms with Crippen molar-refractivity contribution < 1.29 is 14.3 Å². The molecule has 6 nitrogen and oxygen atoms in total. The van der Waals surface area contributed by atoms with E-state index in [1.807, 2.05) is 41.8 Å². The lowest BCUT2D eigenvalue weighted by Gasteiger charge is -2.28. The Bertz CT molecular complexity index is 875. The number of ether oxygens (including phenoxy) is 2. The van der Waals surface area contributed by atoms with Crippen molar-refractivity contribution in [2.24, 2.45) is 0 Å². The molecule has 4 rings (SSSR count). The van der Waals surface area contributed by atoms with Crippen LogP contribution in [0.2, 0.25) is 0 Å². The molecule has 3 aromatic rings. The molecule has 7 heteroatoms. The van der Waals surface area contributed by atoms with Gasteiger partial charge in [0.2, 0.25) is 6.10 Å². The third-order valence-corrected chi connectivity index (χ3v) is 4.86. The second kappa shape index (κ2) is 6.60. The van der Waals surface area contributed by atoms with Crippen LogP contribution in [0.25, 0.3) is 10.6 Å². The summed E-state index contributed by atoms with van der Waals surface area (Å²) < 4.78 is 11.4. The fraction of sp³-hybridized carbons (Fsp3) is 0.222. The maximum absolute atomic E-state index is 12.6. The number of aromatic nitrogens is 2. The number of rotatable bonds is 4. The van der Waals surface area contributed by atoms with E-state index < -0.39 is 6.10 Å². The fourth-order valence-electron chi connectivity index (χ4n) is 2.71. The minimum atomic E-state index is -0.639. The maximum Gasteiger partial charge on any atom is 0.267 e. The van der Waals surface area contributed by atoms with Crippen LogP contribution in [0.3, 0.4) is 0 Å². The number of thiophene rings is 1. The molecule has 0 radical (unpaired) electrons. The SMILES string of the molecule is CN(Cc1cc(-c2cccs2)n[nH]1)C(=O)[C@H]1COc2ccccc2O1. The third-order valence-electron chi connectivity index (χ3n) is 3.97. The summed E-state index contributed by atoms with van der Waals surface area (Å²) in [6.45, 7) is 0.641. The normalized spacial score (nSPS) is 15.8. The predicted octanol–water partition coefficient (Wildman–Crippen LogP) is 2.94. The molecule has 0 aliphatic carbocycles. The van der Waals surface area contributed by atoms with Gasteiger partial charge >= 0.3 is 0 Å². The van der Waals surface area contributed by atoms with Gasteiger partial charge < -0.3 is 14.4 Å². The summed E-state index contributed by atoms with van der Waals surface area (Å²) in [5.41, 5.74) is 1.76. The van der Waals surface area contributed by atoms with Crippen molar-refractivity contribution in [2.75, 3.05) is 13.7 Å². The van der Waals surface area contributed by atoms with Gasteiger partial charge in [-0.05, 0) is 29.6 Å². The van der Waals surface area contributed by atoms with E-state index in [0.717, 1.165) is 16.3 Å². The number of H-pyrrole nitrogens is 1. The number of carbonyl (C=O) groups is 1. The van der Waals surface area contributed by atoms with Gasteiger partial charge in [0.1, 0.15) is 12.3 Å². The molecule has 0 unspecified atom stereocenters. The molecule has 1 amide bonds. The van der Waals surface area contributed by atoms with E-state index in [-0.39, 0.29) is 12.5 Å². The van der Waals surface area contributed by atoms with E-state index >= 15 is 0 Å². The number of hydrogen-bond acceptors (Lipinski definition) is 5. The van der Waals surface area contributed by atoms with Crippen LogP contribution in [0.5, 0.6) is 11.5 Å². The summed E-state index contributed by atoms with van der Waals surface area (Å²) in [4.78, 5) is 15.3. The fourth-order valence-corrected chi connectivity index (χ4v) is 3.40. The average Bonchev–Trinajstić information content (AvgIpc) is 3.32. The van der Waals surface area contributed by atoms with Gasteiger partial charge in [0.05, 0.1) is 17.1 Å². The van der Waals surface area contributed by atoms with E-state index in [2.05, 4.69) is 10.2 Å². The van der Waals surface area contributed by atoms with E-state index in [1.54, 1.807) is 29.4 Å². The molecule has 0 spiro atoms. The smallest absolute Gasteiger partial charge is 0.267 e. The first-order valence-corrected chi connectivity index (χ1v) is 8.80. The molecule has 1 aliphatic heterocycles. The van der Waals surface area contributed by atoms with Crippen molar-refractivity contribution in [2.45, 2.75) is 12.6 Å². The van der Waals surface area contributed by atoms with E-state index in [0.29, 0.717) is 18.0 Å². The van der Waals surface area contributed by atoms with E-state index in [9.17, 15) is 4.79 Å². The Morgan fingerprint density at radius 1 is 1.32 bits per heavy atom. The second-order valence-electron chi connectivity index (χ2n) is 5.81. The molecule has 1 N–H and O–H groups in total. The van der Waals surface area contributed by atoms with Gasteiger partial charge in [0.25, 0.3) is 5.91 Å². The Morgan fingerprint density at radius 3 is 2.96 bits per heavy atom. The Balaban J connectivity index is 1.41. The van der Waals surface area contributed by atoms with Crippen molar-refractivity contribution in [1.82, 2.24) is 15.1 Å². The summed E-state index contributed by atoms with van der Waals surface area (Å²) in [6.07, 6.45) is -0.639. The van der Waals surface area contributed by atoms with Crippen LogP contribution >= 0.6 is 11.3 Å². The molecule has 128 valence electrons. The Labute approximate surface area is 149 Å². The predicted molar refractivity (Wildman–Crippen MR) is 94.7 cm³/mol. The number of para-hydroxylation sites is 2. The quantitative estimate of drug-likeness (QED) is 0.781. The Kier molecular flexibility index (Phi) is 4.15. The standard InChI is InChI=1S/C18H17N3O3S/c1-21(10-12-9-13(20-19-12)17-7-4-8-25-17)18(22)16-11-23-14-5-2-3-6-15(14)24-16/h2-9,16H,10-11H2,1H3,(H,19,20)/t16-/m1/s1. The zero-order valence-electron chi connectivity index (χ0n) is 13.6. The summed E-state index contributed by atoms with van der Waals surface area (Å²) in [6, 6.07) is 13.3. The van der Waals surface area contributed by atoms with Gasteiger partial charge in [-0.3, -0.25) is 9.89 Å². The summed E-state index contributed by atoms with van der Waals surface area (Å²) >= 11 is 1.63. The summed E-state index contributed by atoms with van der Waals surface area (Å²) in [5.74, 6) is 1.15. The van der Waals surface area contributed by atoms with Crippen molar-refractivity contribution in [3.8, 4) is 22.1 Å². The van der Waals surface area contributed by atoms with Crippen molar-refractivity contribution in [3.63, 3.8) is 0 Å². The number of nitrogens with zero attached hydrogens (tertiary/aromatic N) is 2. The minimum absolute atomic E-state index is 0.123. The van der Waals surface area contributed by atoms with Crippen LogP contribution in [0.1, 0.15) is 5.69 Å². The zero-order chi connectivity index (χ0) is 17.2. The van der Waals surface area contributed by atoms with Crippen LogP contribution in [-0.4, -0.2) is 40.8 Å². The highest BCUT2D eigenvalue weighted by atomic mass is 32.1. The number of benzene rings is 1. The van der Waals surface area contributed by atoms with Gasteiger partial charge in [-0.2, -0.15) is 5.10 Å². The number of nitrogens with one attached hydrogen (secondary N) is 1. The Hall–Kier alpha value is -2.80. The highest BCUT2D eigenvalue weighted by Crippen LogP contribution is 2.31. The molecule has 0 bridgehead atoms. The van der Waals surface area contributed by atoms with E-state index in [1.165, 1.54) is 0 Å².